The van der Waals surface area contributed by atoms with Crippen molar-refractivity contribution in [2.45, 2.75) is 40.2 Å². The minimum Gasteiger partial charge on any atom is -0.494 e. The summed E-state index contributed by atoms with van der Waals surface area (Å²) in [6.07, 6.45) is 2.85. The Hall–Kier alpha value is -3.59. The van der Waals surface area contributed by atoms with Crippen molar-refractivity contribution in [3.8, 4) is 34.7 Å². The Morgan fingerprint density at radius 2 is 2.00 bits per heavy atom. The first-order valence-electron chi connectivity index (χ1n) is 10.0. The molecule has 1 aliphatic rings. The summed E-state index contributed by atoms with van der Waals surface area (Å²) in [5.41, 5.74) is 5.03. The van der Waals surface area contributed by atoms with Gasteiger partial charge in [0.15, 0.2) is 0 Å². The molecule has 0 radical (unpaired) electrons. The average Bonchev–Trinajstić information content (AvgIpc) is 3.37. The van der Waals surface area contributed by atoms with E-state index < -0.39 is 0 Å². The Morgan fingerprint density at radius 3 is 2.73 bits per heavy atom. The van der Waals surface area contributed by atoms with Crippen molar-refractivity contribution in [1.82, 2.24) is 10.1 Å². The van der Waals surface area contributed by atoms with Crippen LogP contribution in [0.1, 0.15) is 43.0 Å². The third kappa shape index (κ3) is 3.55. The van der Waals surface area contributed by atoms with E-state index in [1.165, 1.54) is 0 Å². The normalized spacial score (nSPS) is 12.5. The number of fused-ring (bicyclic) bond motifs is 1. The lowest BCUT2D eigenvalue weighted by Gasteiger charge is -2.13. The number of allylic oxidation sites excluding steroid dienone is 1. The number of ether oxygens (including phenoxy) is 2. The minimum atomic E-state index is 0.0199. The van der Waals surface area contributed by atoms with Gasteiger partial charge in [-0.15, -0.1) is 0 Å². The Balaban J connectivity index is 1.72. The monoisotopic (exact) mass is 401 g/mol. The highest BCUT2D eigenvalue weighted by Gasteiger charge is 2.23. The topological polar surface area (TPSA) is 81.2 Å². The Labute approximate surface area is 175 Å². The van der Waals surface area contributed by atoms with E-state index in [4.69, 9.17) is 14.0 Å². The summed E-state index contributed by atoms with van der Waals surface area (Å²) in [6, 6.07) is 11.8. The van der Waals surface area contributed by atoms with Crippen molar-refractivity contribution < 1.29 is 14.0 Å². The van der Waals surface area contributed by atoms with Gasteiger partial charge in [-0.1, -0.05) is 23.4 Å². The average molecular weight is 401 g/mol. The quantitative estimate of drug-likeness (QED) is 0.557. The molecule has 6 heteroatoms. The van der Waals surface area contributed by atoms with Gasteiger partial charge in [0, 0.05) is 11.1 Å². The van der Waals surface area contributed by atoms with Gasteiger partial charge in [-0.2, -0.15) is 10.2 Å². The molecule has 30 heavy (non-hydrogen) atoms. The van der Waals surface area contributed by atoms with Crippen LogP contribution in [0, 0.1) is 18.3 Å². The van der Waals surface area contributed by atoms with Crippen molar-refractivity contribution in [2.75, 3.05) is 6.61 Å². The molecular weight excluding hydrogens is 378 g/mol. The molecule has 1 aromatic heterocycles. The summed E-state index contributed by atoms with van der Waals surface area (Å²) >= 11 is 0. The maximum absolute atomic E-state index is 9.64. The predicted octanol–water partition coefficient (Wildman–Crippen LogP) is 5.30. The smallest absolute Gasteiger partial charge is 0.259 e. The molecule has 2 aromatic carbocycles. The maximum Gasteiger partial charge on any atom is 0.259 e. The molecule has 4 rings (SSSR count). The van der Waals surface area contributed by atoms with Crippen molar-refractivity contribution in [3.63, 3.8) is 0 Å². The SMILES string of the molecule is CCOC1=CCc2c1cccc2-c1noc(-c2cc(C)c(OC(C)C)cc2C#N)n1. The second-order valence-electron chi connectivity index (χ2n) is 7.40. The highest BCUT2D eigenvalue weighted by Crippen LogP contribution is 2.36. The molecule has 0 saturated heterocycles. The zero-order valence-electron chi connectivity index (χ0n) is 17.5. The molecule has 0 saturated carbocycles. The lowest BCUT2D eigenvalue weighted by atomic mass is 10.0. The molecule has 1 aliphatic carbocycles. The largest absolute Gasteiger partial charge is 0.494 e. The number of rotatable bonds is 6. The molecule has 152 valence electrons. The van der Waals surface area contributed by atoms with Crippen LogP contribution in [0.2, 0.25) is 0 Å². The van der Waals surface area contributed by atoms with Crippen LogP contribution < -0.4 is 4.74 Å². The van der Waals surface area contributed by atoms with E-state index >= 15 is 0 Å². The molecule has 0 atom stereocenters. The molecule has 0 aliphatic heterocycles. The molecule has 0 unspecified atom stereocenters. The van der Waals surface area contributed by atoms with Gasteiger partial charge in [-0.25, -0.2) is 0 Å². The van der Waals surface area contributed by atoms with E-state index in [-0.39, 0.29) is 6.10 Å². The highest BCUT2D eigenvalue weighted by molar-refractivity contribution is 5.77. The van der Waals surface area contributed by atoms with Crippen LogP contribution in [0.3, 0.4) is 0 Å². The molecule has 0 amide bonds. The van der Waals surface area contributed by atoms with E-state index in [0.717, 1.165) is 34.4 Å². The molecule has 1 heterocycles. The zero-order valence-corrected chi connectivity index (χ0v) is 17.5. The first kappa shape index (κ1) is 19.7. The molecule has 0 spiro atoms. The fourth-order valence-corrected chi connectivity index (χ4v) is 3.62. The van der Waals surface area contributed by atoms with Crippen molar-refractivity contribution in [3.05, 3.63) is 58.7 Å². The van der Waals surface area contributed by atoms with Crippen molar-refractivity contribution in [1.29, 1.82) is 5.26 Å². The summed E-state index contributed by atoms with van der Waals surface area (Å²) in [7, 11) is 0. The van der Waals surface area contributed by atoms with E-state index in [1.54, 1.807) is 6.07 Å². The highest BCUT2D eigenvalue weighted by atomic mass is 16.5. The van der Waals surface area contributed by atoms with Crippen LogP contribution in [-0.4, -0.2) is 22.9 Å². The van der Waals surface area contributed by atoms with Crippen molar-refractivity contribution >= 4 is 5.76 Å². The second-order valence-corrected chi connectivity index (χ2v) is 7.40. The van der Waals surface area contributed by atoms with Gasteiger partial charge >= 0.3 is 0 Å². The van der Waals surface area contributed by atoms with Gasteiger partial charge < -0.3 is 14.0 Å². The summed E-state index contributed by atoms with van der Waals surface area (Å²) < 4.78 is 17.1. The maximum atomic E-state index is 9.64. The number of hydrogen-bond donors (Lipinski definition) is 0. The first-order chi connectivity index (χ1) is 14.5. The van der Waals surface area contributed by atoms with Crippen LogP contribution >= 0.6 is 0 Å². The van der Waals surface area contributed by atoms with Gasteiger partial charge in [0.1, 0.15) is 17.6 Å². The molecule has 0 N–H and O–H groups in total. The molecular formula is C24H23N3O3. The van der Waals surface area contributed by atoms with Gasteiger partial charge in [-0.3, -0.25) is 0 Å². The molecule has 0 fully saturated rings. The van der Waals surface area contributed by atoms with Gasteiger partial charge in [0.2, 0.25) is 5.82 Å². The summed E-state index contributed by atoms with van der Waals surface area (Å²) in [5, 5.41) is 13.8. The van der Waals surface area contributed by atoms with E-state index in [2.05, 4.69) is 22.3 Å². The minimum absolute atomic E-state index is 0.0199. The first-order valence-corrected chi connectivity index (χ1v) is 10.0. The number of benzene rings is 2. The standard InChI is InChI=1S/C24H23N3O3/c1-5-28-21-10-9-17-18(21)7-6-8-19(17)23-26-24(30-27-23)20-11-15(4)22(29-14(2)3)12-16(20)13-25/h6-8,10-12,14H,5,9H2,1-4H3. The Morgan fingerprint density at radius 1 is 1.20 bits per heavy atom. The predicted molar refractivity (Wildman–Crippen MR) is 114 cm³/mol. The number of nitrogens with zero attached hydrogens (tertiary/aromatic N) is 3. The second kappa shape index (κ2) is 8.03. The fourth-order valence-electron chi connectivity index (χ4n) is 3.62. The lowest BCUT2D eigenvalue weighted by Crippen LogP contribution is -2.07. The molecule has 3 aromatic rings. The summed E-state index contributed by atoms with van der Waals surface area (Å²) in [5.74, 6) is 2.38. The number of hydrogen-bond acceptors (Lipinski definition) is 6. The van der Waals surface area contributed by atoms with Gasteiger partial charge in [-0.05, 0) is 63.5 Å². The van der Waals surface area contributed by atoms with E-state index in [0.29, 0.717) is 35.2 Å². The van der Waals surface area contributed by atoms with Crippen LogP contribution in [0.4, 0.5) is 0 Å². The van der Waals surface area contributed by atoms with E-state index in [9.17, 15) is 5.26 Å². The Bertz CT molecular complexity index is 1170. The van der Waals surface area contributed by atoms with E-state index in [1.807, 2.05) is 52.0 Å². The fraction of sp³-hybridized carbons (Fsp3) is 0.292. The number of aryl methyl sites for hydroxylation is 1. The Kier molecular flexibility index (Phi) is 5.28. The van der Waals surface area contributed by atoms with Gasteiger partial charge in [0.25, 0.3) is 5.89 Å². The number of nitriles is 1. The molecule has 0 bridgehead atoms. The van der Waals surface area contributed by atoms with Crippen molar-refractivity contribution in [2.24, 2.45) is 0 Å². The van der Waals surface area contributed by atoms with Gasteiger partial charge in [0.05, 0.1) is 23.8 Å². The third-order valence-corrected chi connectivity index (χ3v) is 4.93. The third-order valence-electron chi connectivity index (χ3n) is 4.93. The molecule has 6 nitrogen and oxygen atoms in total. The lowest BCUT2D eigenvalue weighted by molar-refractivity contribution is 0.240. The summed E-state index contributed by atoms with van der Waals surface area (Å²) in [6.45, 7) is 8.43. The zero-order chi connectivity index (χ0) is 21.3. The van der Waals surface area contributed by atoms with Crippen LogP contribution in [0.5, 0.6) is 5.75 Å². The summed E-state index contributed by atoms with van der Waals surface area (Å²) in [4.78, 5) is 4.61. The van der Waals surface area contributed by atoms with Crippen LogP contribution in [-0.2, 0) is 11.2 Å². The van der Waals surface area contributed by atoms with Crippen LogP contribution in [0.25, 0.3) is 28.6 Å². The number of aromatic nitrogens is 2. The van der Waals surface area contributed by atoms with Crippen LogP contribution in [0.15, 0.2) is 40.9 Å².